The van der Waals surface area contributed by atoms with Crippen LogP contribution in [0.2, 0.25) is 0 Å². The van der Waals surface area contributed by atoms with Gasteiger partial charge in [0, 0.05) is 25.5 Å². The van der Waals surface area contributed by atoms with E-state index in [0.717, 1.165) is 11.3 Å². The van der Waals surface area contributed by atoms with E-state index in [-0.39, 0.29) is 6.61 Å². The average molecular weight is 279 g/mol. The van der Waals surface area contributed by atoms with E-state index in [2.05, 4.69) is 5.32 Å². The minimum atomic E-state index is -1.32. The number of amides is 1. The Morgan fingerprint density at radius 1 is 1.40 bits per heavy atom. The average Bonchev–Trinajstić information content (AvgIpc) is 2.40. The van der Waals surface area contributed by atoms with Gasteiger partial charge in [-0.1, -0.05) is 0 Å². The van der Waals surface area contributed by atoms with Crippen LogP contribution < -0.4 is 16.0 Å². The number of carbonyl (C=O) groups is 2. The molecule has 0 aliphatic rings. The molecule has 1 unspecified atom stereocenters. The fraction of sp³-hybridized carbons (Fsp3) is 0.429. The highest BCUT2D eigenvalue weighted by molar-refractivity contribution is 6.08. The molecule has 1 amide bonds. The maximum Gasteiger partial charge on any atom is 0.332 e. The number of nitrogens with zero attached hydrogens (tertiary/aromatic N) is 1. The fourth-order valence-electron chi connectivity index (χ4n) is 1.62. The number of anilines is 2. The first-order valence-electron chi connectivity index (χ1n) is 6.37. The number of nitrogens with one attached hydrogen (secondary N) is 1. The lowest BCUT2D eigenvalue weighted by Gasteiger charge is -2.16. The van der Waals surface area contributed by atoms with Crippen molar-refractivity contribution in [2.45, 2.75) is 19.9 Å². The molecule has 6 heteroatoms. The molecule has 0 radical (unpaired) electrons. The molecule has 0 aromatic heterocycles. The van der Waals surface area contributed by atoms with Crippen molar-refractivity contribution in [3.8, 4) is 0 Å². The lowest BCUT2D eigenvalue weighted by atomic mass is 10.1. The van der Waals surface area contributed by atoms with Gasteiger partial charge in [0.15, 0.2) is 6.04 Å². The summed E-state index contributed by atoms with van der Waals surface area (Å²) in [6.07, 6.45) is 0. The van der Waals surface area contributed by atoms with Crippen LogP contribution in [0.25, 0.3) is 0 Å². The minimum Gasteiger partial charge on any atom is -0.464 e. The minimum absolute atomic E-state index is 0.191. The van der Waals surface area contributed by atoms with Crippen LogP contribution in [0.15, 0.2) is 18.2 Å². The molecule has 20 heavy (non-hydrogen) atoms. The zero-order chi connectivity index (χ0) is 15.3. The molecule has 1 aromatic carbocycles. The van der Waals surface area contributed by atoms with Gasteiger partial charge in [-0.3, -0.25) is 4.79 Å². The van der Waals surface area contributed by atoms with Gasteiger partial charge in [0.05, 0.1) is 6.61 Å². The standard InChI is InChI=1S/C14H21N3O3/c1-5-20-14(19)12(15)13(18)16-11-7-6-10(17(3)4)8-9(11)2/h6-8,12H,5,15H2,1-4H3,(H,16,18). The van der Waals surface area contributed by atoms with E-state index in [9.17, 15) is 9.59 Å². The molecule has 110 valence electrons. The third kappa shape index (κ3) is 3.96. The fourth-order valence-corrected chi connectivity index (χ4v) is 1.62. The van der Waals surface area contributed by atoms with E-state index in [0.29, 0.717) is 5.69 Å². The summed E-state index contributed by atoms with van der Waals surface area (Å²) < 4.78 is 4.71. The predicted molar refractivity (Wildman–Crippen MR) is 78.7 cm³/mol. The van der Waals surface area contributed by atoms with Gasteiger partial charge in [-0.2, -0.15) is 0 Å². The topological polar surface area (TPSA) is 84.7 Å². The number of benzene rings is 1. The molecule has 0 saturated carbocycles. The van der Waals surface area contributed by atoms with Gasteiger partial charge >= 0.3 is 5.97 Å². The first-order chi connectivity index (χ1) is 9.36. The number of rotatable bonds is 5. The summed E-state index contributed by atoms with van der Waals surface area (Å²) in [5, 5.41) is 2.63. The molecular weight excluding hydrogens is 258 g/mol. The second kappa shape index (κ2) is 6.91. The molecule has 0 spiro atoms. The van der Waals surface area contributed by atoms with Gasteiger partial charge in [0.25, 0.3) is 5.91 Å². The Labute approximate surface area is 118 Å². The largest absolute Gasteiger partial charge is 0.464 e. The van der Waals surface area contributed by atoms with Crippen molar-refractivity contribution in [2.75, 3.05) is 30.9 Å². The molecule has 0 heterocycles. The van der Waals surface area contributed by atoms with Gasteiger partial charge in [0.1, 0.15) is 0 Å². The first-order valence-corrected chi connectivity index (χ1v) is 6.37. The van der Waals surface area contributed by atoms with Crippen LogP contribution in [0, 0.1) is 6.92 Å². The van der Waals surface area contributed by atoms with Crippen molar-refractivity contribution in [3.63, 3.8) is 0 Å². The summed E-state index contributed by atoms with van der Waals surface area (Å²) >= 11 is 0. The van der Waals surface area contributed by atoms with Crippen LogP contribution in [0.3, 0.4) is 0 Å². The molecule has 1 rings (SSSR count). The van der Waals surface area contributed by atoms with E-state index in [1.807, 2.05) is 38.1 Å². The van der Waals surface area contributed by atoms with Gasteiger partial charge in [-0.05, 0) is 37.6 Å². The van der Waals surface area contributed by atoms with Gasteiger partial charge in [-0.25, -0.2) is 4.79 Å². The third-order valence-electron chi connectivity index (χ3n) is 2.81. The predicted octanol–water partition coefficient (Wildman–Crippen LogP) is 0.890. The van der Waals surface area contributed by atoms with Crippen molar-refractivity contribution >= 4 is 23.3 Å². The van der Waals surface area contributed by atoms with Crippen molar-refractivity contribution in [3.05, 3.63) is 23.8 Å². The highest BCUT2D eigenvalue weighted by Crippen LogP contribution is 2.21. The molecule has 1 aromatic rings. The molecular formula is C14H21N3O3. The van der Waals surface area contributed by atoms with E-state index < -0.39 is 17.9 Å². The molecule has 0 bridgehead atoms. The van der Waals surface area contributed by atoms with Crippen molar-refractivity contribution in [1.29, 1.82) is 0 Å². The smallest absolute Gasteiger partial charge is 0.332 e. The number of hydrogen-bond acceptors (Lipinski definition) is 5. The number of ether oxygens (including phenoxy) is 1. The third-order valence-corrected chi connectivity index (χ3v) is 2.81. The quantitative estimate of drug-likeness (QED) is 0.617. The molecule has 0 fully saturated rings. The molecule has 0 saturated heterocycles. The molecule has 6 nitrogen and oxygen atoms in total. The lowest BCUT2D eigenvalue weighted by molar-refractivity contribution is -0.146. The second-order valence-electron chi connectivity index (χ2n) is 4.61. The molecule has 0 aliphatic carbocycles. The van der Waals surface area contributed by atoms with Crippen LogP contribution in [0.1, 0.15) is 12.5 Å². The summed E-state index contributed by atoms with van der Waals surface area (Å²) in [5.74, 6) is -1.31. The number of hydrogen-bond donors (Lipinski definition) is 2. The molecule has 1 atom stereocenters. The van der Waals surface area contributed by atoms with Crippen LogP contribution in [-0.4, -0.2) is 38.6 Å². The SMILES string of the molecule is CCOC(=O)C(N)C(=O)Nc1ccc(N(C)C)cc1C. The van der Waals surface area contributed by atoms with Crippen LogP contribution in [-0.2, 0) is 14.3 Å². The second-order valence-corrected chi connectivity index (χ2v) is 4.61. The van der Waals surface area contributed by atoms with Crippen LogP contribution in [0.5, 0.6) is 0 Å². The number of carbonyl (C=O) groups excluding carboxylic acids is 2. The monoisotopic (exact) mass is 279 g/mol. The molecule has 0 aliphatic heterocycles. The normalized spacial score (nSPS) is 11.7. The van der Waals surface area contributed by atoms with E-state index in [1.54, 1.807) is 13.0 Å². The van der Waals surface area contributed by atoms with Crippen LogP contribution >= 0.6 is 0 Å². The van der Waals surface area contributed by atoms with Gasteiger partial charge in [-0.15, -0.1) is 0 Å². The highest BCUT2D eigenvalue weighted by Gasteiger charge is 2.23. The Bertz CT molecular complexity index is 500. The van der Waals surface area contributed by atoms with E-state index in [4.69, 9.17) is 10.5 Å². The highest BCUT2D eigenvalue weighted by atomic mass is 16.5. The van der Waals surface area contributed by atoms with Gasteiger partial charge < -0.3 is 20.7 Å². The Morgan fingerprint density at radius 2 is 2.05 bits per heavy atom. The van der Waals surface area contributed by atoms with E-state index in [1.165, 1.54) is 0 Å². The number of aryl methyl sites for hydroxylation is 1. The Morgan fingerprint density at radius 3 is 2.55 bits per heavy atom. The van der Waals surface area contributed by atoms with Crippen LogP contribution in [0.4, 0.5) is 11.4 Å². The Hall–Kier alpha value is -2.08. The first kappa shape index (κ1) is 16.0. The summed E-state index contributed by atoms with van der Waals surface area (Å²) in [6.45, 7) is 3.72. The maximum absolute atomic E-state index is 11.9. The summed E-state index contributed by atoms with van der Waals surface area (Å²) in [7, 11) is 3.87. The zero-order valence-corrected chi connectivity index (χ0v) is 12.3. The van der Waals surface area contributed by atoms with Crippen molar-refractivity contribution < 1.29 is 14.3 Å². The molecule has 3 N–H and O–H groups in total. The number of nitrogens with two attached hydrogens (primary N) is 1. The van der Waals surface area contributed by atoms with Crippen molar-refractivity contribution in [1.82, 2.24) is 0 Å². The summed E-state index contributed by atoms with van der Waals surface area (Å²) in [6, 6.07) is 4.27. The number of esters is 1. The van der Waals surface area contributed by atoms with Gasteiger partial charge in [0.2, 0.25) is 0 Å². The Balaban J connectivity index is 2.78. The maximum atomic E-state index is 11.9. The summed E-state index contributed by atoms with van der Waals surface area (Å²) in [4.78, 5) is 25.2. The van der Waals surface area contributed by atoms with Crippen molar-refractivity contribution in [2.24, 2.45) is 5.73 Å². The summed E-state index contributed by atoms with van der Waals surface area (Å²) in [5.41, 5.74) is 8.07. The Kier molecular flexibility index (Phi) is 5.52. The zero-order valence-electron chi connectivity index (χ0n) is 12.3. The van der Waals surface area contributed by atoms with E-state index >= 15 is 0 Å². The lowest BCUT2D eigenvalue weighted by Crippen LogP contribution is -2.43.